The highest BCUT2D eigenvalue weighted by molar-refractivity contribution is 6.09. The molecule has 19 heavy (non-hydrogen) atoms. The number of carbonyl (C=O) groups excluding carboxylic acids is 3. The highest BCUT2D eigenvalue weighted by Gasteiger charge is 2.12. The average molecular weight is 263 g/mol. The summed E-state index contributed by atoms with van der Waals surface area (Å²) in [5.74, 6) is -1.85. The molecular weight excluding hydrogens is 246 g/mol. The Kier molecular flexibility index (Phi) is 6.81. The van der Waals surface area contributed by atoms with Gasteiger partial charge in [-0.25, -0.2) is 4.79 Å². The zero-order valence-corrected chi connectivity index (χ0v) is 11.1. The molecule has 0 aromatic carbocycles. The number of hydrogen-bond donors (Lipinski definition) is 1. The molecule has 0 radical (unpaired) electrons. The summed E-state index contributed by atoms with van der Waals surface area (Å²) in [6.45, 7) is 13.3. The van der Waals surface area contributed by atoms with Gasteiger partial charge >= 0.3 is 5.97 Å². The van der Waals surface area contributed by atoms with Crippen LogP contribution in [0, 0.1) is 0 Å². The van der Waals surface area contributed by atoms with E-state index in [1.54, 1.807) is 0 Å². The topological polar surface area (TPSA) is 72.5 Å². The first-order valence-electron chi connectivity index (χ1n) is 5.46. The second kappa shape index (κ2) is 7.81. The molecule has 0 aromatic rings. The Morgan fingerprint density at radius 2 is 1.74 bits per heavy atom. The second-order valence-corrected chi connectivity index (χ2v) is 3.80. The fourth-order valence-electron chi connectivity index (χ4n) is 0.922. The van der Waals surface area contributed by atoms with Crippen molar-refractivity contribution in [1.29, 1.82) is 0 Å². The molecule has 0 aliphatic carbocycles. The van der Waals surface area contributed by atoms with Crippen LogP contribution in [0.15, 0.2) is 48.6 Å². The molecule has 5 heteroatoms. The Morgan fingerprint density at radius 1 is 1.16 bits per heavy atom. The minimum Gasteiger partial charge on any atom is -0.458 e. The molecule has 0 bridgehead atoms. The maximum absolute atomic E-state index is 11.6. The molecule has 0 unspecified atom stereocenters. The third-order valence-electron chi connectivity index (χ3n) is 1.96. The summed E-state index contributed by atoms with van der Waals surface area (Å²) in [4.78, 5) is 34.2. The normalized spacial score (nSPS) is 10.3. The lowest BCUT2D eigenvalue weighted by Gasteiger charge is -2.05. The second-order valence-electron chi connectivity index (χ2n) is 3.80. The van der Waals surface area contributed by atoms with Crippen molar-refractivity contribution < 1.29 is 19.1 Å². The monoisotopic (exact) mass is 263 g/mol. The molecule has 0 rings (SSSR count). The molecular formula is C14H17NO4. The first-order chi connectivity index (χ1) is 8.79. The van der Waals surface area contributed by atoms with Crippen LogP contribution in [-0.4, -0.2) is 24.4 Å². The van der Waals surface area contributed by atoms with Gasteiger partial charge in [0.15, 0.2) is 0 Å². The average Bonchev–Trinajstić information content (AvgIpc) is 2.35. The van der Waals surface area contributed by atoms with Gasteiger partial charge in [-0.3, -0.25) is 14.9 Å². The van der Waals surface area contributed by atoms with Crippen molar-refractivity contribution >= 4 is 17.8 Å². The molecule has 0 aromatic heterocycles. The van der Waals surface area contributed by atoms with Gasteiger partial charge in [0.1, 0.15) is 6.61 Å². The minimum atomic E-state index is -0.654. The molecule has 1 N–H and O–H groups in total. The number of nitrogens with one attached hydrogen (secondary N) is 1. The van der Waals surface area contributed by atoms with Gasteiger partial charge in [0.25, 0.3) is 11.8 Å². The van der Waals surface area contributed by atoms with Crippen LogP contribution in [0.2, 0.25) is 0 Å². The van der Waals surface area contributed by atoms with Crippen molar-refractivity contribution in [3.05, 3.63) is 48.6 Å². The number of carbonyl (C=O) groups is 3. The number of ether oxygens (including phenoxy) is 1. The van der Waals surface area contributed by atoms with E-state index in [2.05, 4.69) is 25.1 Å². The first kappa shape index (κ1) is 16.6. The SMILES string of the molecule is C=CCOC(=O)C(=C)C=C(C)C(=O)NC(=O)C(=C)C. The van der Waals surface area contributed by atoms with Crippen molar-refractivity contribution in [2.45, 2.75) is 13.8 Å². The summed E-state index contributed by atoms with van der Waals surface area (Å²) >= 11 is 0. The van der Waals surface area contributed by atoms with E-state index in [1.807, 2.05) is 0 Å². The van der Waals surface area contributed by atoms with E-state index >= 15 is 0 Å². The fraction of sp³-hybridized carbons (Fsp3) is 0.214. The van der Waals surface area contributed by atoms with Gasteiger partial charge in [-0.1, -0.05) is 25.8 Å². The first-order valence-corrected chi connectivity index (χ1v) is 5.46. The Bertz CT molecular complexity index is 472. The van der Waals surface area contributed by atoms with Crippen LogP contribution in [0.1, 0.15) is 13.8 Å². The van der Waals surface area contributed by atoms with Gasteiger partial charge in [-0.2, -0.15) is 0 Å². The third-order valence-corrected chi connectivity index (χ3v) is 1.96. The lowest BCUT2D eigenvalue weighted by Crippen LogP contribution is -2.31. The standard InChI is InChI=1S/C14H17NO4/c1-6-7-19-14(18)11(5)8-10(4)13(17)15-12(16)9(2)3/h6,8H,1-2,5,7H2,3-4H3,(H,15,16,17). The Balaban J connectivity index is 4.62. The lowest BCUT2D eigenvalue weighted by molar-refractivity contribution is -0.137. The van der Waals surface area contributed by atoms with Crippen molar-refractivity contribution in [2.24, 2.45) is 0 Å². The predicted molar refractivity (Wildman–Crippen MR) is 72.0 cm³/mol. The quantitative estimate of drug-likeness (QED) is 0.340. The molecule has 0 spiro atoms. The number of amides is 2. The van der Waals surface area contributed by atoms with E-state index in [9.17, 15) is 14.4 Å². The number of esters is 1. The van der Waals surface area contributed by atoms with Gasteiger partial charge in [0.05, 0.1) is 5.57 Å². The predicted octanol–water partition coefficient (Wildman–Crippen LogP) is 1.44. The van der Waals surface area contributed by atoms with Crippen molar-refractivity contribution in [3.8, 4) is 0 Å². The van der Waals surface area contributed by atoms with Gasteiger partial charge < -0.3 is 4.74 Å². The summed E-state index contributed by atoms with van der Waals surface area (Å²) in [5.41, 5.74) is 0.387. The molecule has 5 nitrogen and oxygen atoms in total. The van der Waals surface area contributed by atoms with E-state index in [0.29, 0.717) is 0 Å². The summed E-state index contributed by atoms with van der Waals surface area (Å²) in [6, 6.07) is 0. The number of hydrogen-bond acceptors (Lipinski definition) is 4. The Morgan fingerprint density at radius 3 is 2.21 bits per heavy atom. The molecule has 0 heterocycles. The summed E-state index contributed by atoms with van der Waals surface area (Å²) in [7, 11) is 0. The Labute approximate surface area is 112 Å². The van der Waals surface area contributed by atoms with Crippen LogP contribution in [0.25, 0.3) is 0 Å². The van der Waals surface area contributed by atoms with Crippen LogP contribution in [-0.2, 0) is 19.1 Å². The maximum Gasteiger partial charge on any atom is 0.337 e. The van der Waals surface area contributed by atoms with Crippen LogP contribution in [0.4, 0.5) is 0 Å². The lowest BCUT2D eigenvalue weighted by atomic mass is 10.2. The smallest absolute Gasteiger partial charge is 0.337 e. The summed E-state index contributed by atoms with van der Waals surface area (Å²) in [5, 5.41) is 2.11. The third kappa shape index (κ3) is 6.16. The molecule has 2 amide bonds. The van der Waals surface area contributed by atoms with E-state index in [1.165, 1.54) is 26.0 Å². The zero-order valence-electron chi connectivity index (χ0n) is 11.1. The molecule has 0 aliphatic rings. The van der Waals surface area contributed by atoms with Crippen molar-refractivity contribution in [3.63, 3.8) is 0 Å². The van der Waals surface area contributed by atoms with Gasteiger partial charge in [0, 0.05) is 11.1 Å². The summed E-state index contributed by atoms with van der Waals surface area (Å²) < 4.78 is 4.74. The van der Waals surface area contributed by atoms with Crippen molar-refractivity contribution in [2.75, 3.05) is 6.61 Å². The molecule has 0 fully saturated rings. The van der Waals surface area contributed by atoms with Crippen molar-refractivity contribution in [1.82, 2.24) is 5.32 Å². The van der Waals surface area contributed by atoms with E-state index in [4.69, 9.17) is 4.74 Å². The minimum absolute atomic E-state index is 0.0114. The van der Waals surface area contributed by atoms with E-state index in [0.717, 1.165) is 0 Å². The summed E-state index contributed by atoms with van der Waals surface area (Å²) in [6.07, 6.45) is 2.66. The van der Waals surface area contributed by atoms with Crippen LogP contribution >= 0.6 is 0 Å². The number of rotatable bonds is 6. The van der Waals surface area contributed by atoms with Gasteiger partial charge in [0.2, 0.25) is 0 Å². The van der Waals surface area contributed by atoms with Gasteiger partial charge in [-0.05, 0) is 19.9 Å². The molecule has 0 aliphatic heterocycles. The number of imide groups is 1. The van der Waals surface area contributed by atoms with Gasteiger partial charge in [-0.15, -0.1) is 0 Å². The van der Waals surface area contributed by atoms with Crippen LogP contribution < -0.4 is 5.32 Å². The molecule has 0 saturated heterocycles. The molecule has 0 saturated carbocycles. The van der Waals surface area contributed by atoms with Crippen LogP contribution in [0.5, 0.6) is 0 Å². The van der Waals surface area contributed by atoms with E-state index in [-0.39, 0.29) is 23.3 Å². The fourth-order valence-corrected chi connectivity index (χ4v) is 0.922. The Hall–Kier alpha value is -2.43. The van der Waals surface area contributed by atoms with Crippen LogP contribution in [0.3, 0.4) is 0 Å². The zero-order chi connectivity index (χ0) is 15.0. The highest BCUT2D eigenvalue weighted by atomic mass is 16.5. The van der Waals surface area contributed by atoms with E-state index < -0.39 is 17.8 Å². The molecule has 102 valence electrons. The molecule has 0 atom stereocenters. The maximum atomic E-state index is 11.6. The highest BCUT2D eigenvalue weighted by Crippen LogP contribution is 2.03. The largest absolute Gasteiger partial charge is 0.458 e.